The number of ether oxygens (including phenoxy) is 3. The zero-order valence-electron chi connectivity index (χ0n) is 11.4. The standard InChI is InChI=1S/C14H17NO4/c1-8(2)19-9-5-11-10(13(6-9)17-3)7-12(15-11)14(16)18-4/h5-8,15H,1-4H3. The van der Waals surface area contributed by atoms with Gasteiger partial charge in [0.2, 0.25) is 0 Å². The second kappa shape index (κ2) is 5.22. The highest BCUT2D eigenvalue weighted by Gasteiger charge is 2.14. The fraction of sp³-hybridized carbons (Fsp3) is 0.357. The van der Waals surface area contributed by atoms with E-state index < -0.39 is 5.97 Å². The van der Waals surface area contributed by atoms with Crippen molar-refractivity contribution in [3.05, 3.63) is 23.9 Å². The summed E-state index contributed by atoms with van der Waals surface area (Å²) in [5.74, 6) is 0.932. The maximum Gasteiger partial charge on any atom is 0.354 e. The molecule has 0 aliphatic rings. The van der Waals surface area contributed by atoms with Crippen LogP contribution in [0.4, 0.5) is 0 Å². The Morgan fingerprint density at radius 2 is 1.95 bits per heavy atom. The third-order valence-electron chi connectivity index (χ3n) is 2.67. The zero-order valence-corrected chi connectivity index (χ0v) is 11.4. The lowest BCUT2D eigenvalue weighted by molar-refractivity contribution is 0.0595. The highest BCUT2D eigenvalue weighted by atomic mass is 16.5. The minimum Gasteiger partial charge on any atom is -0.496 e. The summed E-state index contributed by atoms with van der Waals surface area (Å²) in [4.78, 5) is 14.5. The van der Waals surface area contributed by atoms with Gasteiger partial charge in [-0.1, -0.05) is 0 Å². The van der Waals surface area contributed by atoms with Crippen molar-refractivity contribution in [1.82, 2.24) is 4.98 Å². The maximum atomic E-state index is 11.5. The molecule has 0 aliphatic heterocycles. The predicted octanol–water partition coefficient (Wildman–Crippen LogP) is 2.75. The molecule has 0 saturated carbocycles. The van der Waals surface area contributed by atoms with Gasteiger partial charge in [0, 0.05) is 17.5 Å². The number of carbonyl (C=O) groups excluding carboxylic acids is 1. The first-order valence-electron chi connectivity index (χ1n) is 6.01. The molecule has 0 amide bonds. The maximum absolute atomic E-state index is 11.5. The lowest BCUT2D eigenvalue weighted by atomic mass is 10.2. The number of carbonyl (C=O) groups is 1. The van der Waals surface area contributed by atoms with Gasteiger partial charge < -0.3 is 19.2 Å². The van der Waals surface area contributed by atoms with E-state index in [0.29, 0.717) is 17.2 Å². The van der Waals surface area contributed by atoms with E-state index in [4.69, 9.17) is 14.2 Å². The second-order valence-corrected chi connectivity index (χ2v) is 4.43. The summed E-state index contributed by atoms with van der Waals surface area (Å²) in [5, 5.41) is 0.819. The number of H-pyrrole nitrogens is 1. The van der Waals surface area contributed by atoms with Gasteiger partial charge in [0.15, 0.2) is 0 Å². The third kappa shape index (κ3) is 2.65. The number of aromatic amines is 1. The van der Waals surface area contributed by atoms with Crippen molar-refractivity contribution in [3.63, 3.8) is 0 Å². The van der Waals surface area contributed by atoms with Crippen LogP contribution in [0.5, 0.6) is 11.5 Å². The van der Waals surface area contributed by atoms with E-state index in [1.54, 1.807) is 19.2 Å². The molecule has 1 aromatic heterocycles. The average molecular weight is 263 g/mol. The van der Waals surface area contributed by atoms with Crippen molar-refractivity contribution in [3.8, 4) is 11.5 Å². The van der Waals surface area contributed by atoms with E-state index in [0.717, 1.165) is 10.9 Å². The lowest BCUT2D eigenvalue weighted by Gasteiger charge is -2.11. The number of methoxy groups -OCH3 is 2. The number of rotatable bonds is 4. The van der Waals surface area contributed by atoms with Gasteiger partial charge in [-0.3, -0.25) is 0 Å². The van der Waals surface area contributed by atoms with Crippen molar-refractivity contribution >= 4 is 16.9 Å². The molecule has 102 valence electrons. The molecule has 0 atom stereocenters. The van der Waals surface area contributed by atoms with Crippen LogP contribution < -0.4 is 9.47 Å². The molecule has 5 heteroatoms. The number of nitrogens with one attached hydrogen (secondary N) is 1. The molecule has 1 heterocycles. The van der Waals surface area contributed by atoms with Crippen molar-refractivity contribution < 1.29 is 19.0 Å². The Hall–Kier alpha value is -2.17. The van der Waals surface area contributed by atoms with Crippen molar-refractivity contribution in [2.45, 2.75) is 20.0 Å². The summed E-state index contributed by atoms with van der Waals surface area (Å²) in [6.07, 6.45) is 0.0668. The Labute approximate surface area is 111 Å². The molecular formula is C14H17NO4. The van der Waals surface area contributed by atoms with Crippen LogP contribution in [-0.4, -0.2) is 31.3 Å². The topological polar surface area (TPSA) is 60.6 Å². The van der Waals surface area contributed by atoms with E-state index in [1.807, 2.05) is 19.9 Å². The van der Waals surface area contributed by atoms with E-state index >= 15 is 0 Å². The van der Waals surface area contributed by atoms with Gasteiger partial charge in [-0.15, -0.1) is 0 Å². The molecule has 1 N–H and O–H groups in total. The molecule has 0 fully saturated rings. The van der Waals surface area contributed by atoms with Gasteiger partial charge >= 0.3 is 5.97 Å². The smallest absolute Gasteiger partial charge is 0.354 e. The number of esters is 1. The SMILES string of the molecule is COC(=O)c1cc2c(OC)cc(OC(C)C)cc2[nH]1. The average Bonchev–Trinajstić information content (AvgIpc) is 2.79. The highest BCUT2D eigenvalue weighted by Crippen LogP contribution is 2.32. The third-order valence-corrected chi connectivity index (χ3v) is 2.67. The minimum absolute atomic E-state index is 0.0668. The van der Waals surface area contributed by atoms with Crippen LogP contribution in [0, 0.1) is 0 Å². The highest BCUT2D eigenvalue weighted by molar-refractivity contribution is 5.97. The molecule has 2 aromatic rings. The molecule has 0 spiro atoms. The van der Waals surface area contributed by atoms with Crippen LogP contribution >= 0.6 is 0 Å². The number of benzene rings is 1. The molecule has 0 unspecified atom stereocenters. The van der Waals surface area contributed by atoms with Crippen LogP contribution in [-0.2, 0) is 4.74 Å². The van der Waals surface area contributed by atoms with Crippen LogP contribution in [0.25, 0.3) is 10.9 Å². The van der Waals surface area contributed by atoms with Crippen LogP contribution in [0.3, 0.4) is 0 Å². The summed E-state index contributed by atoms with van der Waals surface area (Å²) >= 11 is 0. The molecule has 0 radical (unpaired) electrons. The summed E-state index contributed by atoms with van der Waals surface area (Å²) in [5.41, 5.74) is 1.16. The molecule has 19 heavy (non-hydrogen) atoms. The quantitative estimate of drug-likeness (QED) is 0.862. The van der Waals surface area contributed by atoms with Crippen LogP contribution in [0.2, 0.25) is 0 Å². The van der Waals surface area contributed by atoms with Crippen molar-refractivity contribution in [2.24, 2.45) is 0 Å². The van der Waals surface area contributed by atoms with Gasteiger partial charge in [0.25, 0.3) is 0 Å². The molecule has 5 nitrogen and oxygen atoms in total. The number of fused-ring (bicyclic) bond motifs is 1. The van der Waals surface area contributed by atoms with Gasteiger partial charge in [-0.05, 0) is 19.9 Å². The van der Waals surface area contributed by atoms with E-state index in [1.165, 1.54) is 7.11 Å². The Morgan fingerprint density at radius 3 is 2.53 bits per heavy atom. The summed E-state index contributed by atoms with van der Waals surface area (Å²) in [6, 6.07) is 5.35. The first-order chi connectivity index (χ1) is 9.05. The van der Waals surface area contributed by atoms with Gasteiger partial charge in [-0.25, -0.2) is 4.79 Å². The van der Waals surface area contributed by atoms with Crippen LogP contribution in [0.1, 0.15) is 24.3 Å². The van der Waals surface area contributed by atoms with Gasteiger partial charge in [0.05, 0.1) is 25.8 Å². The second-order valence-electron chi connectivity index (χ2n) is 4.43. The fourth-order valence-electron chi connectivity index (χ4n) is 1.91. The van der Waals surface area contributed by atoms with E-state index in [9.17, 15) is 4.79 Å². The summed E-state index contributed by atoms with van der Waals surface area (Å²) < 4.78 is 15.7. The monoisotopic (exact) mass is 263 g/mol. The lowest BCUT2D eigenvalue weighted by Crippen LogP contribution is -2.05. The summed E-state index contributed by atoms with van der Waals surface area (Å²) in [7, 11) is 2.93. The molecule has 0 saturated heterocycles. The number of aromatic nitrogens is 1. The molecule has 2 rings (SSSR count). The van der Waals surface area contributed by atoms with E-state index in [2.05, 4.69) is 4.98 Å². The van der Waals surface area contributed by atoms with Gasteiger partial charge in [0.1, 0.15) is 17.2 Å². The Balaban J connectivity index is 2.53. The minimum atomic E-state index is -0.412. The number of hydrogen-bond donors (Lipinski definition) is 1. The Kier molecular flexibility index (Phi) is 3.64. The summed E-state index contributed by atoms with van der Waals surface area (Å²) in [6.45, 7) is 3.90. The Morgan fingerprint density at radius 1 is 1.21 bits per heavy atom. The molecule has 0 bridgehead atoms. The predicted molar refractivity (Wildman–Crippen MR) is 72.0 cm³/mol. The fourth-order valence-corrected chi connectivity index (χ4v) is 1.91. The Bertz CT molecular complexity index is 601. The van der Waals surface area contributed by atoms with E-state index in [-0.39, 0.29) is 6.10 Å². The van der Waals surface area contributed by atoms with Crippen molar-refractivity contribution in [2.75, 3.05) is 14.2 Å². The molecule has 0 aliphatic carbocycles. The largest absolute Gasteiger partial charge is 0.496 e. The first-order valence-corrected chi connectivity index (χ1v) is 6.01. The first kappa shape index (κ1) is 13.3. The normalized spacial score (nSPS) is 10.8. The van der Waals surface area contributed by atoms with Crippen LogP contribution in [0.15, 0.2) is 18.2 Å². The zero-order chi connectivity index (χ0) is 14.0. The molecule has 1 aromatic carbocycles. The van der Waals surface area contributed by atoms with Gasteiger partial charge in [-0.2, -0.15) is 0 Å². The van der Waals surface area contributed by atoms with Crippen molar-refractivity contribution in [1.29, 1.82) is 0 Å². The number of hydrogen-bond acceptors (Lipinski definition) is 4. The molecular weight excluding hydrogens is 246 g/mol.